The number of rotatable bonds is 2. The molecule has 0 aromatic carbocycles. The fraction of sp³-hybridized carbons (Fsp3) is 0.923. The first-order valence-electron chi connectivity index (χ1n) is 5.86. The highest BCUT2D eigenvalue weighted by Gasteiger charge is 2.58. The lowest BCUT2D eigenvalue weighted by atomic mass is 9.62. The Morgan fingerprint density at radius 2 is 2.00 bits per heavy atom. The van der Waals surface area contributed by atoms with Crippen LogP contribution in [0.4, 0.5) is 0 Å². The summed E-state index contributed by atoms with van der Waals surface area (Å²) in [7, 11) is 0. The molecule has 2 fully saturated rings. The zero-order chi connectivity index (χ0) is 10.6. The standard InChI is InChI=1S/C13H22O/c1-9(14)7-11-12(2,3)10-5-6-13(11,4)8-10/h10-11H,5-8H2,1-4H3. The van der Waals surface area contributed by atoms with Gasteiger partial charge in [0.15, 0.2) is 0 Å². The van der Waals surface area contributed by atoms with Crippen molar-refractivity contribution in [1.82, 2.24) is 0 Å². The van der Waals surface area contributed by atoms with Crippen LogP contribution in [0.5, 0.6) is 0 Å². The third kappa shape index (κ3) is 1.24. The quantitative estimate of drug-likeness (QED) is 0.658. The molecule has 0 radical (unpaired) electrons. The fourth-order valence-corrected chi connectivity index (χ4v) is 4.20. The first-order valence-corrected chi connectivity index (χ1v) is 5.86. The Morgan fingerprint density at radius 3 is 2.43 bits per heavy atom. The molecule has 0 aromatic heterocycles. The number of hydrogen-bond donors (Lipinski definition) is 0. The second-order valence-electron chi connectivity index (χ2n) is 6.37. The third-order valence-corrected chi connectivity index (χ3v) is 5.06. The van der Waals surface area contributed by atoms with Crippen LogP contribution in [0.15, 0.2) is 0 Å². The molecule has 0 aromatic rings. The zero-order valence-electron chi connectivity index (χ0n) is 9.89. The van der Waals surface area contributed by atoms with Gasteiger partial charge in [0.05, 0.1) is 0 Å². The first kappa shape index (κ1) is 10.2. The van der Waals surface area contributed by atoms with Gasteiger partial charge in [-0.3, -0.25) is 0 Å². The summed E-state index contributed by atoms with van der Waals surface area (Å²) in [5.41, 5.74) is 0.874. The van der Waals surface area contributed by atoms with Gasteiger partial charge in [-0.1, -0.05) is 20.8 Å². The number of carbonyl (C=O) groups excluding carboxylic acids is 1. The topological polar surface area (TPSA) is 17.1 Å². The average molecular weight is 194 g/mol. The number of Topliss-reactive ketones (excluding diaryl/α,β-unsaturated/α-hetero) is 1. The lowest BCUT2D eigenvalue weighted by Gasteiger charge is -2.42. The molecule has 2 rings (SSSR count). The molecule has 2 bridgehead atoms. The van der Waals surface area contributed by atoms with E-state index in [9.17, 15) is 4.79 Å². The van der Waals surface area contributed by atoms with E-state index < -0.39 is 0 Å². The van der Waals surface area contributed by atoms with E-state index >= 15 is 0 Å². The van der Waals surface area contributed by atoms with Crippen LogP contribution < -0.4 is 0 Å². The summed E-state index contributed by atoms with van der Waals surface area (Å²) in [6.45, 7) is 8.88. The first-order chi connectivity index (χ1) is 6.36. The maximum atomic E-state index is 11.3. The lowest BCUT2D eigenvalue weighted by molar-refractivity contribution is -0.120. The van der Waals surface area contributed by atoms with Crippen LogP contribution in [0.25, 0.3) is 0 Å². The van der Waals surface area contributed by atoms with E-state index in [4.69, 9.17) is 0 Å². The van der Waals surface area contributed by atoms with Gasteiger partial charge in [0.2, 0.25) is 0 Å². The monoisotopic (exact) mass is 194 g/mol. The molecule has 0 N–H and O–H groups in total. The van der Waals surface area contributed by atoms with E-state index in [0.29, 0.717) is 22.5 Å². The summed E-state index contributed by atoms with van der Waals surface area (Å²) in [5.74, 6) is 1.87. The Hall–Kier alpha value is -0.330. The molecular formula is C13H22O. The largest absolute Gasteiger partial charge is 0.300 e. The van der Waals surface area contributed by atoms with E-state index in [2.05, 4.69) is 20.8 Å². The summed E-state index contributed by atoms with van der Waals surface area (Å²) in [4.78, 5) is 11.3. The van der Waals surface area contributed by atoms with Gasteiger partial charge in [0, 0.05) is 6.42 Å². The molecule has 0 amide bonds. The molecule has 0 aliphatic heterocycles. The van der Waals surface area contributed by atoms with Crippen LogP contribution in [0.1, 0.15) is 53.4 Å². The van der Waals surface area contributed by atoms with Crippen LogP contribution in [0, 0.1) is 22.7 Å². The van der Waals surface area contributed by atoms with E-state index in [0.717, 1.165) is 12.3 Å². The van der Waals surface area contributed by atoms with Crippen LogP contribution in [-0.2, 0) is 4.79 Å². The van der Waals surface area contributed by atoms with Gasteiger partial charge in [-0.15, -0.1) is 0 Å². The van der Waals surface area contributed by atoms with Gasteiger partial charge in [-0.2, -0.15) is 0 Å². The Bertz CT molecular complexity index is 262. The van der Waals surface area contributed by atoms with Crippen molar-refractivity contribution >= 4 is 5.78 Å². The van der Waals surface area contributed by atoms with Gasteiger partial charge < -0.3 is 4.79 Å². The number of fused-ring (bicyclic) bond motifs is 2. The van der Waals surface area contributed by atoms with Crippen molar-refractivity contribution in [1.29, 1.82) is 0 Å². The van der Waals surface area contributed by atoms with Gasteiger partial charge in [0.25, 0.3) is 0 Å². The van der Waals surface area contributed by atoms with Crippen LogP contribution in [0.2, 0.25) is 0 Å². The summed E-state index contributed by atoms with van der Waals surface area (Å²) in [6, 6.07) is 0. The van der Waals surface area contributed by atoms with Crippen molar-refractivity contribution in [2.75, 3.05) is 0 Å². The Kier molecular flexibility index (Phi) is 2.06. The molecule has 3 atom stereocenters. The predicted molar refractivity (Wildman–Crippen MR) is 58.0 cm³/mol. The van der Waals surface area contributed by atoms with E-state index in [1.807, 2.05) is 0 Å². The van der Waals surface area contributed by atoms with E-state index in [1.54, 1.807) is 6.92 Å². The molecule has 0 heterocycles. The van der Waals surface area contributed by atoms with Crippen molar-refractivity contribution < 1.29 is 4.79 Å². The average Bonchev–Trinajstić information content (AvgIpc) is 2.49. The Morgan fingerprint density at radius 1 is 1.36 bits per heavy atom. The molecular weight excluding hydrogens is 172 g/mol. The van der Waals surface area contributed by atoms with Crippen molar-refractivity contribution in [3.63, 3.8) is 0 Å². The SMILES string of the molecule is CC(=O)CC1C2(C)CCC(C2)C1(C)C. The minimum Gasteiger partial charge on any atom is -0.300 e. The van der Waals surface area contributed by atoms with Crippen molar-refractivity contribution in [3.05, 3.63) is 0 Å². The van der Waals surface area contributed by atoms with Crippen molar-refractivity contribution in [3.8, 4) is 0 Å². The highest BCUT2D eigenvalue weighted by Crippen LogP contribution is 2.66. The Labute approximate surface area is 87.3 Å². The van der Waals surface area contributed by atoms with Gasteiger partial charge >= 0.3 is 0 Å². The molecule has 2 aliphatic carbocycles. The maximum Gasteiger partial charge on any atom is 0.130 e. The van der Waals surface area contributed by atoms with E-state index in [-0.39, 0.29) is 0 Å². The zero-order valence-corrected chi connectivity index (χ0v) is 9.89. The Balaban J connectivity index is 2.25. The van der Waals surface area contributed by atoms with Gasteiger partial charge in [-0.25, -0.2) is 0 Å². The van der Waals surface area contributed by atoms with Crippen molar-refractivity contribution in [2.24, 2.45) is 22.7 Å². The number of hydrogen-bond acceptors (Lipinski definition) is 1. The van der Waals surface area contributed by atoms with Gasteiger partial charge in [0.1, 0.15) is 5.78 Å². The third-order valence-electron chi connectivity index (χ3n) is 5.06. The molecule has 2 aliphatic rings. The molecule has 2 saturated carbocycles. The maximum absolute atomic E-state index is 11.3. The highest BCUT2D eigenvalue weighted by atomic mass is 16.1. The van der Waals surface area contributed by atoms with Gasteiger partial charge in [-0.05, 0) is 48.9 Å². The molecule has 1 heteroatoms. The second-order valence-corrected chi connectivity index (χ2v) is 6.37. The fourth-order valence-electron chi connectivity index (χ4n) is 4.20. The summed E-state index contributed by atoms with van der Waals surface area (Å²) < 4.78 is 0. The number of ketones is 1. The molecule has 3 unspecified atom stereocenters. The summed E-state index contributed by atoms with van der Waals surface area (Å²) in [6.07, 6.45) is 4.90. The number of carbonyl (C=O) groups is 1. The normalized spacial score (nSPS) is 44.3. The summed E-state index contributed by atoms with van der Waals surface area (Å²) in [5, 5.41) is 0. The van der Waals surface area contributed by atoms with E-state index in [1.165, 1.54) is 19.3 Å². The lowest BCUT2D eigenvalue weighted by Crippen LogP contribution is -2.36. The van der Waals surface area contributed by atoms with Crippen LogP contribution >= 0.6 is 0 Å². The van der Waals surface area contributed by atoms with Crippen molar-refractivity contribution in [2.45, 2.75) is 53.4 Å². The smallest absolute Gasteiger partial charge is 0.130 e. The second kappa shape index (κ2) is 2.84. The highest BCUT2D eigenvalue weighted by molar-refractivity contribution is 5.76. The molecule has 0 spiro atoms. The molecule has 1 nitrogen and oxygen atoms in total. The minimum atomic E-state index is 0.372. The van der Waals surface area contributed by atoms with Crippen LogP contribution in [-0.4, -0.2) is 5.78 Å². The summed E-state index contributed by atoms with van der Waals surface area (Å²) >= 11 is 0. The minimum absolute atomic E-state index is 0.372. The van der Waals surface area contributed by atoms with Crippen LogP contribution in [0.3, 0.4) is 0 Å². The molecule has 14 heavy (non-hydrogen) atoms. The molecule has 0 saturated heterocycles. The molecule has 80 valence electrons. The predicted octanol–water partition coefficient (Wildman–Crippen LogP) is 3.43.